The molecule has 1 aliphatic heterocycles. The van der Waals surface area contributed by atoms with E-state index in [0.29, 0.717) is 5.02 Å². The minimum Gasteiger partial charge on any atom is -0.490 e. The Kier molecular flexibility index (Phi) is 3.79. The minimum absolute atomic E-state index is 0.221. The van der Waals surface area contributed by atoms with E-state index in [4.69, 9.17) is 16.3 Å². The smallest absolute Gasteiger partial charge is 0.225 e. The van der Waals surface area contributed by atoms with Crippen LogP contribution >= 0.6 is 11.6 Å². The van der Waals surface area contributed by atoms with Crippen LogP contribution in [0, 0.1) is 0 Å². The fraction of sp³-hybridized carbons (Fsp3) is 0.294. The van der Waals surface area contributed by atoms with Crippen LogP contribution in [0.5, 0.6) is 5.75 Å². The standard InChI is InChI=1S/C17H17ClN4O/c18-12-10-20-17(21-11-12)22-8-5-13(6-9-22)23-16-3-1-2-15-14(16)4-7-19-15/h1-4,7,10-11,13,19H,5-6,8-9H2. The summed E-state index contributed by atoms with van der Waals surface area (Å²) in [6, 6.07) is 8.17. The van der Waals surface area contributed by atoms with Gasteiger partial charge in [0, 0.05) is 43.0 Å². The van der Waals surface area contributed by atoms with Crippen molar-refractivity contribution in [2.75, 3.05) is 18.0 Å². The van der Waals surface area contributed by atoms with Gasteiger partial charge in [-0.2, -0.15) is 0 Å². The van der Waals surface area contributed by atoms with Gasteiger partial charge in [0.1, 0.15) is 11.9 Å². The fourth-order valence-electron chi connectivity index (χ4n) is 2.98. The van der Waals surface area contributed by atoms with E-state index in [9.17, 15) is 0 Å². The van der Waals surface area contributed by atoms with Crippen molar-refractivity contribution in [1.29, 1.82) is 0 Å². The molecule has 6 heteroatoms. The summed E-state index contributed by atoms with van der Waals surface area (Å²) in [5, 5.41) is 1.70. The molecule has 0 amide bonds. The Balaban J connectivity index is 1.42. The van der Waals surface area contributed by atoms with Crippen LogP contribution in [0.15, 0.2) is 42.9 Å². The first kappa shape index (κ1) is 14.3. The van der Waals surface area contributed by atoms with Crippen molar-refractivity contribution in [3.8, 4) is 5.75 Å². The highest BCUT2D eigenvalue weighted by atomic mass is 35.5. The van der Waals surface area contributed by atoms with Crippen molar-refractivity contribution in [2.45, 2.75) is 18.9 Å². The number of fused-ring (bicyclic) bond motifs is 1. The number of piperidine rings is 1. The van der Waals surface area contributed by atoms with Crippen LogP contribution in [0.1, 0.15) is 12.8 Å². The van der Waals surface area contributed by atoms with Crippen molar-refractivity contribution in [3.05, 3.63) is 47.9 Å². The normalized spacial score (nSPS) is 16.0. The molecule has 0 spiro atoms. The van der Waals surface area contributed by atoms with Gasteiger partial charge in [0.25, 0.3) is 0 Å². The summed E-state index contributed by atoms with van der Waals surface area (Å²) in [5.74, 6) is 1.69. The minimum atomic E-state index is 0.221. The van der Waals surface area contributed by atoms with Crippen LogP contribution in [-0.4, -0.2) is 34.1 Å². The van der Waals surface area contributed by atoms with Gasteiger partial charge in [-0.25, -0.2) is 9.97 Å². The molecule has 2 aromatic heterocycles. The number of aromatic nitrogens is 3. The largest absolute Gasteiger partial charge is 0.490 e. The molecule has 0 atom stereocenters. The van der Waals surface area contributed by atoms with Crippen molar-refractivity contribution in [2.24, 2.45) is 0 Å². The first-order chi connectivity index (χ1) is 11.3. The summed E-state index contributed by atoms with van der Waals surface area (Å²) in [5.41, 5.74) is 1.11. The van der Waals surface area contributed by atoms with Crippen molar-refractivity contribution in [3.63, 3.8) is 0 Å². The molecular formula is C17H17ClN4O. The van der Waals surface area contributed by atoms with Gasteiger partial charge in [0.15, 0.2) is 0 Å². The third-order valence-electron chi connectivity index (χ3n) is 4.18. The SMILES string of the molecule is Clc1cnc(N2CCC(Oc3cccc4[nH]ccc34)CC2)nc1. The number of H-pyrrole nitrogens is 1. The lowest BCUT2D eigenvalue weighted by molar-refractivity contribution is 0.172. The van der Waals surface area contributed by atoms with Crippen LogP contribution in [0.25, 0.3) is 10.9 Å². The molecule has 1 saturated heterocycles. The highest BCUT2D eigenvalue weighted by molar-refractivity contribution is 6.30. The number of ether oxygens (including phenoxy) is 1. The molecule has 1 N–H and O–H groups in total. The van der Waals surface area contributed by atoms with E-state index in [0.717, 1.165) is 48.5 Å². The molecule has 118 valence electrons. The Labute approximate surface area is 139 Å². The molecule has 0 saturated carbocycles. The monoisotopic (exact) mass is 328 g/mol. The van der Waals surface area contributed by atoms with Crippen LogP contribution in [0.3, 0.4) is 0 Å². The first-order valence-corrected chi connectivity index (χ1v) is 8.12. The van der Waals surface area contributed by atoms with Gasteiger partial charge in [0.2, 0.25) is 5.95 Å². The van der Waals surface area contributed by atoms with E-state index >= 15 is 0 Å². The molecule has 0 bridgehead atoms. The number of benzene rings is 1. The summed E-state index contributed by atoms with van der Waals surface area (Å²) in [6.07, 6.45) is 7.34. The summed E-state index contributed by atoms with van der Waals surface area (Å²) >= 11 is 5.84. The molecule has 1 aromatic carbocycles. The maximum atomic E-state index is 6.22. The molecule has 0 radical (unpaired) electrons. The third-order valence-corrected chi connectivity index (χ3v) is 4.38. The maximum absolute atomic E-state index is 6.22. The van der Waals surface area contributed by atoms with Crippen molar-refractivity contribution >= 4 is 28.5 Å². The van der Waals surface area contributed by atoms with E-state index in [2.05, 4.69) is 32.0 Å². The molecule has 5 nitrogen and oxygen atoms in total. The molecule has 4 rings (SSSR count). The molecular weight excluding hydrogens is 312 g/mol. The Bertz CT molecular complexity index is 794. The summed E-state index contributed by atoms with van der Waals surface area (Å²) in [4.78, 5) is 14.0. The van der Waals surface area contributed by atoms with Gasteiger partial charge in [-0.1, -0.05) is 17.7 Å². The molecule has 1 aliphatic rings. The second kappa shape index (κ2) is 6.08. The number of hydrogen-bond acceptors (Lipinski definition) is 4. The average Bonchev–Trinajstić information content (AvgIpc) is 3.06. The second-order valence-electron chi connectivity index (χ2n) is 5.70. The summed E-state index contributed by atoms with van der Waals surface area (Å²) < 4.78 is 6.22. The van der Waals surface area contributed by atoms with E-state index in [1.165, 1.54) is 0 Å². The Morgan fingerprint density at radius 3 is 2.70 bits per heavy atom. The third kappa shape index (κ3) is 2.97. The fourth-order valence-corrected chi connectivity index (χ4v) is 3.08. The zero-order chi connectivity index (χ0) is 15.6. The number of rotatable bonds is 3. The van der Waals surface area contributed by atoms with Gasteiger partial charge >= 0.3 is 0 Å². The van der Waals surface area contributed by atoms with Crippen LogP contribution in [0.4, 0.5) is 5.95 Å². The van der Waals surface area contributed by atoms with Gasteiger partial charge in [-0.15, -0.1) is 0 Å². The van der Waals surface area contributed by atoms with Gasteiger partial charge in [0.05, 0.1) is 17.4 Å². The Morgan fingerprint density at radius 2 is 1.91 bits per heavy atom. The molecule has 23 heavy (non-hydrogen) atoms. The zero-order valence-corrected chi connectivity index (χ0v) is 13.3. The maximum Gasteiger partial charge on any atom is 0.225 e. The van der Waals surface area contributed by atoms with Gasteiger partial charge in [-0.05, 0) is 18.2 Å². The summed E-state index contributed by atoms with van der Waals surface area (Å²) in [7, 11) is 0. The van der Waals surface area contributed by atoms with Gasteiger partial charge < -0.3 is 14.6 Å². The van der Waals surface area contributed by atoms with Crippen molar-refractivity contribution < 1.29 is 4.74 Å². The van der Waals surface area contributed by atoms with Crippen molar-refractivity contribution in [1.82, 2.24) is 15.0 Å². The van der Waals surface area contributed by atoms with Crippen LogP contribution in [0.2, 0.25) is 5.02 Å². The van der Waals surface area contributed by atoms with Crippen LogP contribution in [-0.2, 0) is 0 Å². The van der Waals surface area contributed by atoms with Gasteiger partial charge in [-0.3, -0.25) is 0 Å². The number of halogens is 1. The second-order valence-corrected chi connectivity index (χ2v) is 6.14. The molecule has 1 fully saturated rings. The lowest BCUT2D eigenvalue weighted by Crippen LogP contribution is -2.39. The number of nitrogens with zero attached hydrogens (tertiary/aromatic N) is 3. The highest BCUT2D eigenvalue weighted by Gasteiger charge is 2.22. The molecule has 3 heterocycles. The predicted octanol–water partition coefficient (Wildman–Crippen LogP) is 3.66. The van der Waals surface area contributed by atoms with E-state index in [1.54, 1.807) is 12.4 Å². The van der Waals surface area contributed by atoms with E-state index in [1.807, 2.05) is 18.3 Å². The Hall–Kier alpha value is -2.27. The van der Waals surface area contributed by atoms with E-state index < -0.39 is 0 Å². The summed E-state index contributed by atoms with van der Waals surface area (Å²) in [6.45, 7) is 1.77. The topological polar surface area (TPSA) is 54.0 Å². The number of hydrogen-bond donors (Lipinski definition) is 1. The average molecular weight is 329 g/mol. The van der Waals surface area contributed by atoms with Crippen LogP contribution < -0.4 is 9.64 Å². The van der Waals surface area contributed by atoms with E-state index in [-0.39, 0.29) is 6.10 Å². The molecule has 0 aliphatic carbocycles. The number of aromatic amines is 1. The highest BCUT2D eigenvalue weighted by Crippen LogP contribution is 2.28. The Morgan fingerprint density at radius 1 is 1.13 bits per heavy atom. The number of anilines is 1. The molecule has 3 aromatic rings. The predicted molar refractivity (Wildman–Crippen MR) is 91.2 cm³/mol. The molecule has 0 unspecified atom stereocenters. The first-order valence-electron chi connectivity index (χ1n) is 7.75. The quantitative estimate of drug-likeness (QED) is 0.797. The lowest BCUT2D eigenvalue weighted by Gasteiger charge is -2.32. The zero-order valence-electron chi connectivity index (χ0n) is 12.6. The lowest BCUT2D eigenvalue weighted by atomic mass is 10.1. The number of nitrogens with one attached hydrogen (secondary N) is 1.